The van der Waals surface area contributed by atoms with Crippen LogP contribution in [0, 0.1) is 0 Å². The molecule has 0 spiro atoms. The second-order valence-electron chi connectivity index (χ2n) is 6.27. The number of benzene rings is 1. The number of hydrogen-bond donors (Lipinski definition) is 1. The number of halogens is 1. The molecular formula is C18H14ClN3O2S. The first-order chi connectivity index (χ1) is 11.9. The highest BCUT2D eigenvalue weighted by Crippen LogP contribution is 2.35. The van der Waals surface area contributed by atoms with Crippen LogP contribution >= 0.6 is 22.9 Å². The van der Waals surface area contributed by atoms with Crippen LogP contribution in [0.5, 0.6) is 0 Å². The Balaban J connectivity index is 2.05. The molecule has 0 aliphatic carbocycles. The first-order valence-electron chi connectivity index (χ1n) is 7.64. The van der Waals surface area contributed by atoms with E-state index in [0.29, 0.717) is 31.3 Å². The van der Waals surface area contributed by atoms with Gasteiger partial charge in [0.2, 0.25) is 0 Å². The summed E-state index contributed by atoms with van der Waals surface area (Å²) in [5, 5.41) is 11.8. The second kappa shape index (κ2) is 5.62. The highest BCUT2D eigenvalue weighted by Gasteiger charge is 2.23. The summed E-state index contributed by atoms with van der Waals surface area (Å²) >= 11 is 7.20. The van der Waals surface area contributed by atoms with Crippen molar-refractivity contribution >= 4 is 43.4 Å². The van der Waals surface area contributed by atoms with Gasteiger partial charge in [-0.25, -0.2) is 9.97 Å². The van der Waals surface area contributed by atoms with E-state index < -0.39 is 5.60 Å². The molecule has 4 rings (SSSR count). The maximum Gasteiger partial charge on any atom is 0.275 e. The molecule has 0 saturated heterocycles. The van der Waals surface area contributed by atoms with Crippen molar-refractivity contribution < 1.29 is 5.11 Å². The largest absolute Gasteiger partial charge is 0.386 e. The van der Waals surface area contributed by atoms with Crippen molar-refractivity contribution in [2.45, 2.75) is 19.4 Å². The van der Waals surface area contributed by atoms with Gasteiger partial charge in [0.15, 0.2) is 0 Å². The Morgan fingerprint density at radius 2 is 1.88 bits per heavy atom. The zero-order valence-corrected chi connectivity index (χ0v) is 15.1. The van der Waals surface area contributed by atoms with Gasteiger partial charge in [0.05, 0.1) is 16.8 Å². The van der Waals surface area contributed by atoms with Gasteiger partial charge in [-0.15, -0.1) is 11.3 Å². The average molecular weight is 372 g/mol. The Kier molecular flexibility index (Phi) is 3.64. The summed E-state index contributed by atoms with van der Waals surface area (Å²) in [5.41, 5.74) is 0.747. The fourth-order valence-corrected chi connectivity index (χ4v) is 4.03. The van der Waals surface area contributed by atoms with E-state index in [-0.39, 0.29) is 5.56 Å². The molecule has 0 atom stereocenters. The summed E-state index contributed by atoms with van der Waals surface area (Å²) < 4.78 is 1.99. The first kappa shape index (κ1) is 16.2. The lowest BCUT2D eigenvalue weighted by Gasteiger charge is -2.18. The topological polar surface area (TPSA) is 68.0 Å². The Bertz CT molecular complexity index is 1160. The van der Waals surface area contributed by atoms with E-state index >= 15 is 0 Å². The quantitative estimate of drug-likeness (QED) is 0.580. The van der Waals surface area contributed by atoms with Gasteiger partial charge in [-0.3, -0.25) is 9.36 Å². The van der Waals surface area contributed by atoms with Crippen LogP contribution in [0.3, 0.4) is 0 Å². The first-order valence-corrected chi connectivity index (χ1v) is 8.83. The fourth-order valence-electron chi connectivity index (χ4n) is 2.85. The van der Waals surface area contributed by atoms with Gasteiger partial charge in [-0.2, -0.15) is 0 Å². The normalized spacial score (nSPS) is 12.2. The van der Waals surface area contributed by atoms with Crippen molar-refractivity contribution in [2.75, 3.05) is 0 Å². The molecule has 0 fully saturated rings. The molecule has 7 heteroatoms. The van der Waals surface area contributed by atoms with Gasteiger partial charge in [0.1, 0.15) is 15.9 Å². The predicted molar refractivity (Wildman–Crippen MR) is 101 cm³/mol. The summed E-state index contributed by atoms with van der Waals surface area (Å²) in [4.78, 5) is 22.5. The predicted octanol–water partition coefficient (Wildman–Crippen LogP) is 3.88. The maximum atomic E-state index is 13.0. The number of pyridine rings is 1. The van der Waals surface area contributed by atoms with Crippen LogP contribution in [0.15, 0.2) is 47.7 Å². The number of aromatic nitrogens is 3. The number of hydrogen-bond acceptors (Lipinski definition) is 5. The fraction of sp³-hybridized carbons (Fsp3) is 0.167. The standard InChI is InChI=1S/C18H14ClN3O2S/c1-18(2,24)12-7-8-20-16-13(12)14-15(25-16)17(23)22(9-21-14)11-5-3-10(19)4-6-11/h3-9,24H,1-2H3. The minimum Gasteiger partial charge on any atom is -0.386 e. The Morgan fingerprint density at radius 1 is 1.16 bits per heavy atom. The number of rotatable bonds is 2. The lowest BCUT2D eigenvalue weighted by atomic mass is 9.96. The number of aliphatic hydroxyl groups is 1. The van der Waals surface area contributed by atoms with Gasteiger partial charge in [-0.05, 0) is 49.7 Å². The second-order valence-corrected chi connectivity index (χ2v) is 7.71. The third-order valence-corrected chi connectivity index (χ3v) is 5.37. The summed E-state index contributed by atoms with van der Waals surface area (Å²) in [6.07, 6.45) is 3.14. The van der Waals surface area contributed by atoms with Gasteiger partial charge < -0.3 is 5.11 Å². The highest BCUT2D eigenvalue weighted by molar-refractivity contribution is 7.25. The molecule has 0 bridgehead atoms. The van der Waals surface area contributed by atoms with Crippen molar-refractivity contribution in [3.63, 3.8) is 0 Å². The summed E-state index contributed by atoms with van der Waals surface area (Å²) in [6.45, 7) is 3.42. The van der Waals surface area contributed by atoms with Crippen LogP contribution in [0.2, 0.25) is 5.02 Å². The van der Waals surface area contributed by atoms with Crippen molar-refractivity contribution in [2.24, 2.45) is 0 Å². The summed E-state index contributed by atoms with van der Waals surface area (Å²) in [6, 6.07) is 8.76. The summed E-state index contributed by atoms with van der Waals surface area (Å²) in [7, 11) is 0. The van der Waals surface area contributed by atoms with Crippen LogP contribution < -0.4 is 5.56 Å². The van der Waals surface area contributed by atoms with Crippen LogP contribution in [-0.2, 0) is 5.60 Å². The van der Waals surface area contributed by atoms with Crippen LogP contribution in [0.4, 0.5) is 0 Å². The van der Waals surface area contributed by atoms with E-state index in [9.17, 15) is 9.90 Å². The molecule has 0 aliphatic heterocycles. The van der Waals surface area contributed by atoms with E-state index in [1.54, 1.807) is 50.4 Å². The smallest absolute Gasteiger partial charge is 0.275 e. The molecule has 5 nitrogen and oxygen atoms in total. The maximum absolute atomic E-state index is 13.0. The lowest BCUT2D eigenvalue weighted by molar-refractivity contribution is 0.0802. The molecule has 0 radical (unpaired) electrons. The van der Waals surface area contributed by atoms with Crippen molar-refractivity contribution in [1.29, 1.82) is 0 Å². The SMILES string of the molecule is CC(C)(O)c1ccnc2sc3c(=O)n(-c4ccc(Cl)cc4)cnc3c12. The molecule has 1 N–H and O–H groups in total. The number of fused-ring (bicyclic) bond motifs is 3. The van der Waals surface area contributed by atoms with Gasteiger partial charge in [-0.1, -0.05) is 11.6 Å². The van der Waals surface area contributed by atoms with Crippen molar-refractivity contribution in [1.82, 2.24) is 14.5 Å². The molecule has 4 aromatic rings. The molecule has 0 saturated carbocycles. The monoisotopic (exact) mass is 371 g/mol. The molecule has 3 heterocycles. The summed E-state index contributed by atoms with van der Waals surface area (Å²) in [5.74, 6) is 0. The van der Waals surface area contributed by atoms with Crippen LogP contribution in [-0.4, -0.2) is 19.6 Å². The average Bonchev–Trinajstić information content (AvgIpc) is 2.95. The van der Waals surface area contributed by atoms with Gasteiger partial charge in [0, 0.05) is 16.6 Å². The van der Waals surface area contributed by atoms with Crippen molar-refractivity contribution in [3.8, 4) is 5.69 Å². The lowest BCUT2D eigenvalue weighted by Crippen LogP contribution is -2.18. The Morgan fingerprint density at radius 3 is 2.56 bits per heavy atom. The zero-order valence-electron chi connectivity index (χ0n) is 13.5. The highest BCUT2D eigenvalue weighted by atomic mass is 35.5. The molecule has 0 unspecified atom stereocenters. The van der Waals surface area contributed by atoms with E-state index in [4.69, 9.17) is 11.6 Å². The third kappa shape index (κ3) is 2.63. The molecule has 1 aromatic carbocycles. The Hall–Kier alpha value is -2.28. The van der Waals surface area contributed by atoms with Crippen molar-refractivity contribution in [3.05, 3.63) is 63.8 Å². The van der Waals surface area contributed by atoms with Crippen LogP contribution in [0.25, 0.3) is 26.1 Å². The molecule has 25 heavy (non-hydrogen) atoms. The van der Waals surface area contributed by atoms with E-state index in [1.807, 2.05) is 0 Å². The van der Waals surface area contributed by atoms with Crippen LogP contribution in [0.1, 0.15) is 19.4 Å². The molecule has 3 aromatic heterocycles. The zero-order chi connectivity index (χ0) is 17.8. The molecule has 126 valence electrons. The Labute approximate surface area is 152 Å². The molecule has 0 aliphatic rings. The van der Waals surface area contributed by atoms with E-state index in [0.717, 1.165) is 5.39 Å². The van der Waals surface area contributed by atoms with Gasteiger partial charge >= 0.3 is 0 Å². The minimum atomic E-state index is -1.05. The number of nitrogens with zero attached hydrogens (tertiary/aromatic N) is 3. The van der Waals surface area contributed by atoms with E-state index in [2.05, 4.69) is 9.97 Å². The molecular weight excluding hydrogens is 358 g/mol. The third-order valence-electron chi connectivity index (χ3n) is 4.05. The molecule has 0 amide bonds. The minimum absolute atomic E-state index is 0.169. The van der Waals surface area contributed by atoms with E-state index in [1.165, 1.54) is 22.2 Å². The van der Waals surface area contributed by atoms with Gasteiger partial charge in [0.25, 0.3) is 5.56 Å². The number of thiophene rings is 1.